The van der Waals surface area contributed by atoms with Crippen LogP contribution in [0.15, 0.2) is 41.3 Å². The Bertz CT molecular complexity index is 834. The van der Waals surface area contributed by atoms with Crippen LogP contribution in [-0.2, 0) is 16.1 Å². The van der Waals surface area contributed by atoms with Crippen molar-refractivity contribution < 1.29 is 9.53 Å². The van der Waals surface area contributed by atoms with Gasteiger partial charge in [0.15, 0.2) is 5.82 Å². The number of rotatable bonds is 5. The second-order valence-electron chi connectivity index (χ2n) is 7.61. The Labute approximate surface area is 153 Å². The number of hydrogen-bond acceptors (Lipinski definition) is 5. The molecule has 26 heavy (non-hydrogen) atoms. The van der Waals surface area contributed by atoms with Crippen LogP contribution in [0.1, 0.15) is 40.0 Å². The van der Waals surface area contributed by atoms with Gasteiger partial charge in [-0.2, -0.15) is 0 Å². The van der Waals surface area contributed by atoms with Gasteiger partial charge in [-0.1, -0.05) is 30.3 Å². The van der Waals surface area contributed by atoms with Crippen molar-refractivity contribution in [1.29, 1.82) is 0 Å². The van der Waals surface area contributed by atoms with Gasteiger partial charge in [0.25, 0.3) is 5.56 Å². The second-order valence-corrected chi connectivity index (χ2v) is 7.61. The number of esters is 1. The van der Waals surface area contributed by atoms with Crippen LogP contribution < -0.4 is 10.9 Å². The van der Waals surface area contributed by atoms with Gasteiger partial charge in [-0.05, 0) is 45.6 Å². The number of aromatic nitrogens is 2. The molecule has 1 aliphatic rings. The predicted octanol–water partition coefficient (Wildman–Crippen LogP) is 3.22. The van der Waals surface area contributed by atoms with E-state index in [0.717, 1.165) is 24.8 Å². The van der Waals surface area contributed by atoms with Crippen molar-refractivity contribution in [3.05, 3.63) is 46.9 Å². The highest BCUT2D eigenvalue weighted by atomic mass is 16.6. The molecule has 0 amide bonds. The van der Waals surface area contributed by atoms with Gasteiger partial charge < -0.3 is 10.1 Å². The third kappa shape index (κ3) is 4.31. The fraction of sp³-hybridized carbons (Fsp3) is 0.450. The number of nitrogens with one attached hydrogen (secondary N) is 1. The van der Waals surface area contributed by atoms with E-state index in [1.54, 1.807) is 6.20 Å². The van der Waals surface area contributed by atoms with Crippen molar-refractivity contribution in [1.82, 2.24) is 9.55 Å². The Balaban J connectivity index is 1.97. The zero-order valence-electron chi connectivity index (χ0n) is 15.5. The van der Waals surface area contributed by atoms with E-state index in [-0.39, 0.29) is 24.0 Å². The molecule has 0 saturated heterocycles. The molecule has 1 aromatic carbocycles. The number of carbonyl (C=O) groups is 1. The van der Waals surface area contributed by atoms with Crippen LogP contribution in [-0.4, -0.2) is 27.2 Å². The molecule has 0 bridgehead atoms. The van der Waals surface area contributed by atoms with Gasteiger partial charge in [0.1, 0.15) is 12.1 Å². The van der Waals surface area contributed by atoms with Gasteiger partial charge in [0, 0.05) is 6.04 Å². The average Bonchev–Trinajstić information content (AvgIpc) is 2.53. The van der Waals surface area contributed by atoms with Crippen LogP contribution in [0, 0.1) is 0 Å². The van der Waals surface area contributed by atoms with Crippen LogP contribution in [0.4, 0.5) is 5.82 Å². The van der Waals surface area contributed by atoms with Crippen LogP contribution in [0.25, 0.3) is 11.3 Å². The molecule has 1 aliphatic carbocycles. The molecule has 0 radical (unpaired) electrons. The molecule has 6 heteroatoms. The van der Waals surface area contributed by atoms with Gasteiger partial charge in [-0.3, -0.25) is 14.2 Å². The molecule has 6 nitrogen and oxygen atoms in total. The molecular weight excluding hydrogens is 330 g/mol. The normalized spacial score (nSPS) is 14.6. The van der Waals surface area contributed by atoms with Gasteiger partial charge in [0.2, 0.25) is 0 Å². The van der Waals surface area contributed by atoms with Crippen LogP contribution >= 0.6 is 0 Å². The number of nitrogens with zero attached hydrogens (tertiary/aromatic N) is 2. The lowest BCUT2D eigenvalue weighted by molar-refractivity contribution is -0.155. The first kappa shape index (κ1) is 18.2. The summed E-state index contributed by atoms with van der Waals surface area (Å²) in [6.45, 7) is 5.27. The quantitative estimate of drug-likeness (QED) is 0.834. The van der Waals surface area contributed by atoms with Gasteiger partial charge in [0.05, 0.1) is 11.9 Å². The Hall–Kier alpha value is -2.63. The Morgan fingerprint density at radius 2 is 1.96 bits per heavy atom. The standard InChI is InChI=1S/C20H25N3O3/c1-20(2,3)26-17(24)13-23-16(14-8-5-4-6-9-14)12-21-18(19(23)25)22-15-10-7-11-15/h4-6,8-9,12,15H,7,10-11,13H2,1-3H3,(H,21,22). The topological polar surface area (TPSA) is 73.2 Å². The highest BCUT2D eigenvalue weighted by Crippen LogP contribution is 2.22. The van der Waals surface area contributed by atoms with Gasteiger partial charge >= 0.3 is 5.97 Å². The lowest BCUT2D eigenvalue weighted by Crippen LogP contribution is -2.36. The minimum absolute atomic E-state index is 0.151. The Kier molecular flexibility index (Phi) is 5.11. The largest absolute Gasteiger partial charge is 0.459 e. The number of carbonyl (C=O) groups excluding carboxylic acids is 1. The third-order valence-electron chi connectivity index (χ3n) is 4.28. The third-order valence-corrected chi connectivity index (χ3v) is 4.28. The zero-order chi connectivity index (χ0) is 18.7. The SMILES string of the molecule is CC(C)(C)OC(=O)Cn1c(-c2ccccc2)cnc(NC2CCC2)c1=O. The first-order valence-electron chi connectivity index (χ1n) is 8.97. The van der Waals surface area contributed by atoms with E-state index in [9.17, 15) is 9.59 Å². The van der Waals surface area contributed by atoms with E-state index >= 15 is 0 Å². The van der Waals surface area contributed by atoms with Crippen molar-refractivity contribution in [3.63, 3.8) is 0 Å². The lowest BCUT2D eigenvalue weighted by atomic mass is 9.93. The average molecular weight is 355 g/mol. The number of hydrogen-bond donors (Lipinski definition) is 1. The van der Waals surface area contributed by atoms with Crippen molar-refractivity contribution >= 4 is 11.8 Å². The van der Waals surface area contributed by atoms with E-state index in [1.165, 1.54) is 4.57 Å². The summed E-state index contributed by atoms with van der Waals surface area (Å²) in [6, 6.07) is 9.74. The molecule has 0 aliphatic heterocycles. The first-order valence-corrected chi connectivity index (χ1v) is 8.97. The van der Waals surface area contributed by atoms with E-state index in [1.807, 2.05) is 51.1 Å². The monoisotopic (exact) mass is 355 g/mol. The van der Waals surface area contributed by atoms with Gasteiger partial charge in [-0.15, -0.1) is 0 Å². The Morgan fingerprint density at radius 3 is 2.54 bits per heavy atom. The molecule has 1 heterocycles. The second kappa shape index (κ2) is 7.32. The molecule has 1 fully saturated rings. The van der Waals surface area contributed by atoms with E-state index in [2.05, 4.69) is 10.3 Å². The summed E-state index contributed by atoms with van der Waals surface area (Å²) in [5, 5.41) is 3.19. The maximum atomic E-state index is 13.0. The smallest absolute Gasteiger partial charge is 0.326 e. The summed E-state index contributed by atoms with van der Waals surface area (Å²) in [5.74, 6) is -0.157. The number of anilines is 1. The van der Waals surface area contributed by atoms with Crippen molar-refractivity contribution in [3.8, 4) is 11.3 Å². The summed E-state index contributed by atoms with van der Waals surface area (Å²) < 4.78 is 6.84. The highest BCUT2D eigenvalue weighted by molar-refractivity contribution is 5.71. The molecule has 0 atom stereocenters. The summed E-state index contributed by atoms with van der Waals surface area (Å²) in [4.78, 5) is 29.6. The molecule has 138 valence electrons. The predicted molar refractivity (Wildman–Crippen MR) is 101 cm³/mol. The molecule has 0 spiro atoms. The minimum atomic E-state index is -0.604. The fourth-order valence-corrected chi connectivity index (χ4v) is 2.83. The van der Waals surface area contributed by atoms with E-state index in [0.29, 0.717) is 5.69 Å². The van der Waals surface area contributed by atoms with Crippen LogP contribution in [0.3, 0.4) is 0 Å². The minimum Gasteiger partial charge on any atom is -0.459 e. The summed E-state index contributed by atoms with van der Waals surface area (Å²) >= 11 is 0. The van der Waals surface area contributed by atoms with Crippen LogP contribution in [0.2, 0.25) is 0 Å². The molecule has 0 unspecified atom stereocenters. The van der Waals surface area contributed by atoms with Crippen molar-refractivity contribution in [2.24, 2.45) is 0 Å². The molecule has 2 aromatic rings. The summed E-state index contributed by atoms with van der Waals surface area (Å²) in [7, 11) is 0. The number of benzene rings is 1. The van der Waals surface area contributed by atoms with Crippen molar-refractivity contribution in [2.45, 2.75) is 58.2 Å². The molecule has 3 rings (SSSR count). The molecular formula is C20H25N3O3. The summed E-state index contributed by atoms with van der Waals surface area (Å²) in [5.41, 5.74) is 0.522. The first-order chi connectivity index (χ1) is 12.3. The van der Waals surface area contributed by atoms with Crippen LogP contribution in [0.5, 0.6) is 0 Å². The van der Waals surface area contributed by atoms with E-state index < -0.39 is 11.6 Å². The highest BCUT2D eigenvalue weighted by Gasteiger charge is 2.22. The number of ether oxygens (including phenoxy) is 1. The maximum absolute atomic E-state index is 13.0. The lowest BCUT2D eigenvalue weighted by Gasteiger charge is -2.27. The molecule has 1 N–H and O–H groups in total. The van der Waals surface area contributed by atoms with Gasteiger partial charge in [-0.25, -0.2) is 4.98 Å². The molecule has 1 aromatic heterocycles. The summed E-state index contributed by atoms with van der Waals surface area (Å²) in [6.07, 6.45) is 4.87. The zero-order valence-corrected chi connectivity index (χ0v) is 15.5. The van der Waals surface area contributed by atoms with E-state index in [4.69, 9.17) is 4.74 Å². The Morgan fingerprint density at radius 1 is 1.27 bits per heavy atom. The van der Waals surface area contributed by atoms with Crippen molar-refractivity contribution in [2.75, 3.05) is 5.32 Å². The maximum Gasteiger partial charge on any atom is 0.326 e. The molecule has 1 saturated carbocycles. The fourth-order valence-electron chi connectivity index (χ4n) is 2.83.